The quantitative estimate of drug-likeness (QED) is 0.180. The number of hydrogen-bond donors (Lipinski definition) is 3. The van der Waals surface area contributed by atoms with Gasteiger partial charge in [-0.25, -0.2) is 4.68 Å². The third kappa shape index (κ3) is 7.14. The van der Waals surface area contributed by atoms with Crippen LogP contribution in [0.4, 0.5) is 24.9 Å². The van der Waals surface area contributed by atoms with E-state index in [1.54, 1.807) is 31.3 Å². The van der Waals surface area contributed by atoms with Crippen molar-refractivity contribution < 1.29 is 32.5 Å². The number of rotatable bonds is 10. The second-order valence-electron chi connectivity index (χ2n) is 12.7. The molecule has 2 aromatic heterocycles. The number of aromatic nitrogens is 4. The van der Waals surface area contributed by atoms with Crippen LogP contribution in [0.3, 0.4) is 0 Å². The molecule has 6 rings (SSSR count). The maximum absolute atomic E-state index is 14.9. The zero-order chi connectivity index (χ0) is 34.9. The zero-order valence-corrected chi connectivity index (χ0v) is 27.6. The van der Waals surface area contributed by atoms with Gasteiger partial charge in [-0.15, -0.1) is 0 Å². The Morgan fingerprint density at radius 1 is 1.10 bits per heavy atom. The molecule has 260 valence electrons. The van der Waals surface area contributed by atoms with E-state index in [1.807, 2.05) is 43.0 Å². The zero-order valence-electron chi connectivity index (χ0n) is 27.6. The largest absolute Gasteiger partial charge is 0.494 e. The van der Waals surface area contributed by atoms with E-state index in [0.29, 0.717) is 61.8 Å². The lowest BCUT2D eigenvalue weighted by molar-refractivity contribution is -0.198. The molecule has 3 atom stereocenters. The third-order valence-electron chi connectivity index (χ3n) is 9.54. The predicted molar refractivity (Wildman–Crippen MR) is 178 cm³/mol. The van der Waals surface area contributed by atoms with Gasteiger partial charge in [-0.3, -0.25) is 4.79 Å². The van der Waals surface area contributed by atoms with Gasteiger partial charge >= 0.3 is 12.1 Å². The van der Waals surface area contributed by atoms with Crippen molar-refractivity contribution in [2.45, 2.75) is 70.8 Å². The molecule has 1 spiro atoms. The number of nitrogens with zero attached hydrogens (tertiary/aromatic N) is 5. The van der Waals surface area contributed by atoms with Crippen LogP contribution in [0.25, 0.3) is 16.8 Å². The SMILES string of the molecule is CCOc1cccc(-c2ccc([C@@H](Oc3cc(N4CCC5(CC4)CC(C(=O)O)NC5CC)nc(N)n3)C(F)(F)F)c(-n3ccc(C)n3)c2)c1. The van der Waals surface area contributed by atoms with Crippen LogP contribution in [0.15, 0.2) is 60.8 Å². The molecular formula is C35H40F3N7O4. The summed E-state index contributed by atoms with van der Waals surface area (Å²) in [5.41, 5.74) is 7.94. The summed E-state index contributed by atoms with van der Waals surface area (Å²) < 4.78 is 57.5. The maximum atomic E-state index is 14.9. The molecule has 11 nitrogen and oxygen atoms in total. The average molecular weight is 680 g/mol. The first kappa shape index (κ1) is 34.0. The van der Waals surface area contributed by atoms with Crippen molar-refractivity contribution in [3.05, 3.63) is 72.1 Å². The number of aliphatic carboxylic acids is 1. The highest BCUT2D eigenvalue weighted by atomic mass is 19.4. The highest BCUT2D eigenvalue weighted by Gasteiger charge is 2.50. The number of carboxylic acid groups (broad SMARTS) is 1. The Kier molecular flexibility index (Phi) is 9.43. The molecule has 0 amide bonds. The van der Waals surface area contributed by atoms with Crippen molar-refractivity contribution >= 4 is 17.7 Å². The van der Waals surface area contributed by atoms with Gasteiger partial charge in [0.15, 0.2) is 0 Å². The van der Waals surface area contributed by atoms with Crippen molar-refractivity contribution in [3.8, 4) is 28.4 Å². The molecule has 2 aliphatic heterocycles. The van der Waals surface area contributed by atoms with E-state index < -0.39 is 24.3 Å². The van der Waals surface area contributed by atoms with Crippen molar-refractivity contribution in [2.24, 2.45) is 5.41 Å². The molecule has 14 heteroatoms. The van der Waals surface area contributed by atoms with Gasteiger partial charge in [0.25, 0.3) is 0 Å². The van der Waals surface area contributed by atoms with Gasteiger partial charge in [-0.2, -0.15) is 28.2 Å². The number of piperidine rings is 1. The molecule has 4 N–H and O–H groups in total. The molecule has 2 unspecified atom stereocenters. The summed E-state index contributed by atoms with van der Waals surface area (Å²) >= 11 is 0. The van der Waals surface area contributed by atoms with Crippen LogP contribution in [0.1, 0.15) is 56.9 Å². The van der Waals surface area contributed by atoms with E-state index in [1.165, 1.54) is 16.8 Å². The number of alkyl halides is 3. The van der Waals surface area contributed by atoms with Crippen molar-refractivity contribution in [3.63, 3.8) is 0 Å². The molecule has 4 aromatic rings. The summed E-state index contributed by atoms with van der Waals surface area (Å²) in [4.78, 5) is 22.0. The molecule has 2 fully saturated rings. The molecule has 49 heavy (non-hydrogen) atoms. The number of anilines is 2. The molecular weight excluding hydrogens is 639 g/mol. The normalized spacial score (nSPS) is 19.6. The monoisotopic (exact) mass is 679 g/mol. The van der Waals surface area contributed by atoms with E-state index in [0.717, 1.165) is 12.0 Å². The van der Waals surface area contributed by atoms with Crippen LogP contribution in [0.5, 0.6) is 11.6 Å². The first-order valence-electron chi connectivity index (χ1n) is 16.4. The van der Waals surface area contributed by atoms with E-state index in [-0.39, 0.29) is 34.5 Å². The minimum atomic E-state index is -4.84. The molecule has 4 heterocycles. The van der Waals surface area contributed by atoms with E-state index in [2.05, 4.69) is 20.4 Å². The number of carbonyl (C=O) groups is 1. The van der Waals surface area contributed by atoms with Crippen molar-refractivity contribution in [2.75, 3.05) is 30.3 Å². The number of halogens is 3. The third-order valence-corrected chi connectivity index (χ3v) is 9.54. The van der Waals surface area contributed by atoms with Crippen LogP contribution in [-0.2, 0) is 4.79 Å². The number of nitrogens with two attached hydrogens (primary N) is 1. The molecule has 0 radical (unpaired) electrons. The first-order valence-corrected chi connectivity index (χ1v) is 16.4. The minimum absolute atomic E-state index is 0.0606. The Morgan fingerprint density at radius 2 is 1.86 bits per heavy atom. The molecule has 0 saturated carbocycles. The summed E-state index contributed by atoms with van der Waals surface area (Å²) in [5.74, 6) is -0.409. The summed E-state index contributed by atoms with van der Waals surface area (Å²) in [6.07, 6.45) is -2.94. The predicted octanol–water partition coefficient (Wildman–Crippen LogP) is 6.11. The fraction of sp³-hybridized carbons (Fsp3) is 0.429. The lowest BCUT2D eigenvalue weighted by atomic mass is 9.71. The van der Waals surface area contributed by atoms with Gasteiger partial charge in [0.05, 0.1) is 18.0 Å². The first-order chi connectivity index (χ1) is 23.4. The van der Waals surface area contributed by atoms with Crippen molar-refractivity contribution in [1.82, 2.24) is 25.1 Å². The van der Waals surface area contributed by atoms with Gasteiger partial charge < -0.3 is 30.5 Å². The molecule has 0 bridgehead atoms. The Hall–Kier alpha value is -4.85. The van der Waals surface area contributed by atoms with Crippen molar-refractivity contribution in [1.29, 1.82) is 0 Å². The standard InChI is InChI=1S/C35H40F3N7O4/c1-4-28-34(20-26(40-28)32(46)47)12-15-44(16-13-34)29-19-30(42-33(39)41-29)49-31(35(36,37)38)25-10-9-23(18-27(25)45-14-11-21(3)43-45)22-7-6-8-24(17-22)48-5-2/h6-11,14,17-19,26,28,31,40H,4-5,12-13,15-16,20H2,1-3H3,(H,46,47)(H2,39,41,42)/t26?,28?,31-/m1/s1. The van der Waals surface area contributed by atoms with E-state index in [9.17, 15) is 23.1 Å². The molecule has 2 aliphatic rings. The summed E-state index contributed by atoms with van der Waals surface area (Å²) in [7, 11) is 0. The van der Waals surface area contributed by atoms with E-state index >= 15 is 0 Å². The van der Waals surface area contributed by atoms with Gasteiger partial charge in [-0.05, 0) is 80.3 Å². The summed E-state index contributed by atoms with van der Waals surface area (Å²) in [5, 5.41) is 17.3. The average Bonchev–Trinajstić information content (AvgIpc) is 3.66. The lowest BCUT2D eigenvalue weighted by Crippen LogP contribution is -2.46. The number of hydrogen-bond acceptors (Lipinski definition) is 9. The van der Waals surface area contributed by atoms with Gasteiger partial charge in [0, 0.05) is 37.0 Å². The molecule has 0 aliphatic carbocycles. The lowest BCUT2D eigenvalue weighted by Gasteiger charge is -2.43. The van der Waals surface area contributed by atoms with Crippen LogP contribution in [0.2, 0.25) is 0 Å². The minimum Gasteiger partial charge on any atom is -0.494 e. The van der Waals surface area contributed by atoms with E-state index in [4.69, 9.17) is 15.2 Å². The molecule has 2 aromatic carbocycles. The Labute approximate surface area is 282 Å². The highest BCUT2D eigenvalue weighted by molar-refractivity contribution is 5.74. The van der Waals surface area contributed by atoms with Gasteiger partial charge in [0.1, 0.15) is 17.6 Å². The molecule has 2 saturated heterocycles. The fourth-order valence-corrected chi connectivity index (χ4v) is 7.18. The highest BCUT2D eigenvalue weighted by Crippen LogP contribution is 2.46. The van der Waals surface area contributed by atoms with Gasteiger partial charge in [0.2, 0.25) is 17.9 Å². The number of nitrogen functional groups attached to an aromatic ring is 1. The Morgan fingerprint density at radius 3 is 2.51 bits per heavy atom. The number of benzene rings is 2. The Balaban J connectivity index is 1.30. The van der Waals surface area contributed by atoms with Crippen LogP contribution < -0.4 is 25.4 Å². The summed E-state index contributed by atoms with van der Waals surface area (Å²) in [6.45, 7) is 7.19. The Bertz CT molecular complexity index is 1810. The van der Waals surface area contributed by atoms with Gasteiger partial charge in [-0.1, -0.05) is 31.2 Å². The summed E-state index contributed by atoms with van der Waals surface area (Å²) in [6, 6.07) is 14.5. The number of ether oxygens (including phenoxy) is 2. The fourth-order valence-electron chi connectivity index (χ4n) is 7.18. The second kappa shape index (κ2) is 13.6. The topological polar surface area (TPSA) is 141 Å². The van der Waals surface area contributed by atoms with Crippen LogP contribution >= 0.6 is 0 Å². The number of aryl methyl sites for hydroxylation is 1. The number of nitrogens with one attached hydrogen (secondary N) is 1. The number of carboxylic acids is 1. The second-order valence-corrected chi connectivity index (χ2v) is 12.7. The maximum Gasteiger partial charge on any atom is 0.429 e. The van der Waals surface area contributed by atoms with Crippen LogP contribution in [-0.4, -0.2) is 68.8 Å². The van der Waals surface area contributed by atoms with Crippen LogP contribution in [0, 0.1) is 12.3 Å². The smallest absolute Gasteiger partial charge is 0.429 e.